The van der Waals surface area contributed by atoms with Gasteiger partial charge in [-0.15, -0.1) is 0 Å². The Hall–Kier alpha value is -1.32. The Labute approximate surface area is 115 Å². The molecule has 0 aliphatic carbocycles. The van der Waals surface area contributed by atoms with Crippen molar-refractivity contribution in [2.75, 3.05) is 20.1 Å². The summed E-state index contributed by atoms with van der Waals surface area (Å²) in [6, 6.07) is 8.46. The Morgan fingerprint density at radius 2 is 1.95 bits per heavy atom. The number of benzene rings is 1. The fourth-order valence-electron chi connectivity index (χ4n) is 2.48. The summed E-state index contributed by atoms with van der Waals surface area (Å²) >= 11 is 0. The Balaban J connectivity index is 1.91. The van der Waals surface area contributed by atoms with Crippen molar-refractivity contribution in [2.24, 2.45) is 11.8 Å². The molecule has 2 aromatic rings. The third-order valence-electron chi connectivity index (χ3n) is 3.81. The minimum absolute atomic E-state index is 0.676. The normalized spacial score (nSPS) is 13.3. The summed E-state index contributed by atoms with van der Waals surface area (Å²) in [5.41, 5.74) is 2.57. The number of fused-ring (bicyclic) bond motifs is 1. The van der Waals surface area contributed by atoms with E-state index in [9.17, 15) is 0 Å². The van der Waals surface area contributed by atoms with Crippen LogP contribution >= 0.6 is 0 Å². The Bertz CT molecular complexity index is 501. The highest BCUT2D eigenvalue weighted by Gasteiger charge is 2.12. The van der Waals surface area contributed by atoms with E-state index in [4.69, 9.17) is 0 Å². The average molecular weight is 259 g/mol. The summed E-state index contributed by atoms with van der Waals surface area (Å²) in [6.07, 6.45) is 2.11. The summed E-state index contributed by atoms with van der Waals surface area (Å²) in [6.45, 7) is 7.62. The molecule has 3 nitrogen and oxygen atoms in total. The number of H-pyrrole nitrogens is 1. The molecule has 0 fully saturated rings. The van der Waals surface area contributed by atoms with E-state index in [1.165, 1.54) is 16.5 Å². The highest BCUT2D eigenvalue weighted by Crippen LogP contribution is 2.17. The van der Waals surface area contributed by atoms with Gasteiger partial charge < -0.3 is 15.6 Å². The molecule has 1 aromatic carbocycles. The first kappa shape index (κ1) is 14.1. The zero-order valence-corrected chi connectivity index (χ0v) is 12.2. The van der Waals surface area contributed by atoms with E-state index in [-0.39, 0.29) is 0 Å². The number of hydrogen-bond donors (Lipinski definition) is 3. The van der Waals surface area contributed by atoms with Crippen LogP contribution in [0.1, 0.15) is 19.4 Å². The van der Waals surface area contributed by atoms with Gasteiger partial charge in [-0.05, 0) is 43.6 Å². The Kier molecular flexibility index (Phi) is 5.00. The van der Waals surface area contributed by atoms with Gasteiger partial charge in [0.05, 0.1) is 0 Å². The van der Waals surface area contributed by atoms with Gasteiger partial charge in [0.1, 0.15) is 0 Å². The zero-order valence-electron chi connectivity index (χ0n) is 12.2. The molecule has 1 unspecified atom stereocenters. The van der Waals surface area contributed by atoms with Crippen molar-refractivity contribution in [3.63, 3.8) is 0 Å². The topological polar surface area (TPSA) is 39.8 Å². The minimum atomic E-state index is 0.676. The van der Waals surface area contributed by atoms with Gasteiger partial charge in [0.25, 0.3) is 0 Å². The molecule has 3 heteroatoms. The molecule has 3 N–H and O–H groups in total. The lowest BCUT2D eigenvalue weighted by atomic mass is 9.96. The Morgan fingerprint density at radius 3 is 2.68 bits per heavy atom. The maximum absolute atomic E-state index is 3.59. The molecule has 1 atom stereocenters. The van der Waals surface area contributed by atoms with Crippen LogP contribution in [0, 0.1) is 11.8 Å². The largest absolute Gasteiger partial charge is 0.361 e. The van der Waals surface area contributed by atoms with Gasteiger partial charge in [0, 0.05) is 23.6 Å². The smallest absolute Gasteiger partial charge is 0.0457 e. The quantitative estimate of drug-likeness (QED) is 0.715. The standard InChI is InChI=1S/C16H25N3/c1-12(2)13(8-17-3)9-18-10-14-11-19-16-7-5-4-6-15(14)16/h4-7,11-13,17-19H,8-10H2,1-3H3. The molecular weight excluding hydrogens is 234 g/mol. The van der Waals surface area contributed by atoms with Gasteiger partial charge >= 0.3 is 0 Å². The van der Waals surface area contributed by atoms with Crippen molar-refractivity contribution in [1.29, 1.82) is 0 Å². The first-order chi connectivity index (χ1) is 9.22. The van der Waals surface area contributed by atoms with Crippen LogP contribution in [0.2, 0.25) is 0 Å². The number of hydrogen-bond acceptors (Lipinski definition) is 2. The number of aromatic amines is 1. The van der Waals surface area contributed by atoms with Gasteiger partial charge in [0.2, 0.25) is 0 Å². The van der Waals surface area contributed by atoms with Crippen LogP contribution in [-0.2, 0) is 6.54 Å². The molecule has 0 amide bonds. The molecule has 104 valence electrons. The van der Waals surface area contributed by atoms with E-state index in [0.29, 0.717) is 11.8 Å². The lowest BCUT2D eigenvalue weighted by Crippen LogP contribution is -2.32. The molecule has 0 aliphatic heterocycles. The second-order valence-corrected chi connectivity index (χ2v) is 5.55. The van der Waals surface area contributed by atoms with Crippen LogP contribution in [0.25, 0.3) is 10.9 Å². The van der Waals surface area contributed by atoms with E-state index in [2.05, 4.69) is 59.9 Å². The third-order valence-corrected chi connectivity index (χ3v) is 3.81. The number of para-hydroxylation sites is 1. The number of nitrogens with one attached hydrogen (secondary N) is 3. The SMILES string of the molecule is CNCC(CNCc1c[nH]c2ccccc12)C(C)C. The van der Waals surface area contributed by atoms with Crippen molar-refractivity contribution in [1.82, 2.24) is 15.6 Å². The molecule has 2 rings (SSSR count). The van der Waals surface area contributed by atoms with E-state index < -0.39 is 0 Å². The van der Waals surface area contributed by atoms with Crippen molar-refractivity contribution >= 4 is 10.9 Å². The molecule has 0 aliphatic rings. The molecule has 0 saturated carbocycles. The summed E-state index contributed by atoms with van der Waals surface area (Å²) in [5, 5.41) is 8.19. The highest BCUT2D eigenvalue weighted by atomic mass is 14.9. The molecule has 0 spiro atoms. The highest BCUT2D eigenvalue weighted by molar-refractivity contribution is 5.82. The maximum atomic E-state index is 3.59. The van der Waals surface area contributed by atoms with Crippen LogP contribution in [0.3, 0.4) is 0 Å². The van der Waals surface area contributed by atoms with Crippen molar-refractivity contribution in [3.8, 4) is 0 Å². The molecule has 1 aromatic heterocycles. The summed E-state index contributed by atoms with van der Waals surface area (Å²) < 4.78 is 0. The van der Waals surface area contributed by atoms with Crippen LogP contribution in [0.15, 0.2) is 30.5 Å². The van der Waals surface area contributed by atoms with Gasteiger partial charge in [0.15, 0.2) is 0 Å². The molecule has 1 heterocycles. The maximum Gasteiger partial charge on any atom is 0.0457 e. The molecule has 0 radical (unpaired) electrons. The minimum Gasteiger partial charge on any atom is -0.361 e. The number of rotatable bonds is 7. The second kappa shape index (κ2) is 6.73. The van der Waals surface area contributed by atoms with Crippen molar-refractivity contribution in [2.45, 2.75) is 20.4 Å². The molecule has 0 bridgehead atoms. The predicted molar refractivity (Wildman–Crippen MR) is 82.3 cm³/mol. The summed E-state index contributed by atoms with van der Waals surface area (Å²) in [5.74, 6) is 1.37. The van der Waals surface area contributed by atoms with E-state index in [1.54, 1.807) is 0 Å². The first-order valence-corrected chi connectivity index (χ1v) is 7.12. The van der Waals surface area contributed by atoms with Crippen molar-refractivity contribution in [3.05, 3.63) is 36.0 Å². The molecule has 0 saturated heterocycles. The van der Waals surface area contributed by atoms with Gasteiger partial charge in [-0.1, -0.05) is 32.0 Å². The van der Waals surface area contributed by atoms with Crippen LogP contribution in [0.4, 0.5) is 0 Å². The monoisotopic (exact) mass is 259 g/mol. The second-order valence-electron chi connectivity index (χ2n) is 5.55. The Morgan fingerprint density at radius 1 is 1.16 bits per heavy atom. The lowest BCUT2D eigenvalue weighted by Gasteiger charge is -2.20. The van der Waals surface area contributed by atoms with E-state index in [0.717, 1.165) is 19.6 Å². The molecular formula is C16H25N3. The molecule has 19 heavy (non-hydrogen) atoms. The zero-order chi connectivity index (χ0) is 13.7. The summed E-state index contributed by atoms with van der Waals surface area (Å²) in [4.78, 5) is 3.32. The lowest BCUT2D eigenvalue weighted by molar-refractivity contribution is 0.352. The van der Waals surface area contributed by atoms with Gasteiger partial charge in [-0.3, -0.25) is 0 Å². The third kappa shape index (κ3) is 3.58. The van der Waals surface area contributed by atoms with Crippen LogP contribution in [-0.4, -0.2) is 25.1 Å². The van der Waals surface area contributed by atoms with E-state index in [1.807, 2.05) is 7.05 Å². The number of aromatic nitrogens is 1. The first-order valence-electron chi connectivity index (χ1n) is 7.12. The summed E-state index contributed by atoms with van der Waals surface area (Å²) in [7, 11) is 2.02. The van der Waals surface area contributed by atoms with Crippen LogP contribution < -0.4 is 10.6 Å². The van der Waals surface area contributed by atoms with Crippen molar-refractivity contribution < 1.29 is 0 Å². The van der Waals surface area contributed by atoms with Crippen LogP contribution in [0.5, 0.6) is 0 Å². The fourth-order valence-corrected chi connectivity index (χ4v) is 2.48. The van der Waals surface area contributed by atoms with E-state index >= 15 is 0 Å². The average Bonchev–Trinajstić information content (AvgIpc) is 2.81. The van der Waals surface area contributed by atoms with Gasteiger partial charge in [-0.2, -0.15) is 0 Å². The predicted octanol–water partition coefficient (Wildman–Crippen LogP) is 2.75. The van der Waals surface area contributed by atoms with Gasteiger partial charge in [-0.25, -0.2) is 0 Å². The fraction of sp³-hybridized carbons (Fsp3) is 0.500.